The Bertz CT molecular complexity index is 371. The molecule has 1 amide bonds. The van der Waals surface area contributed by atoms with Crippen molar-refractivity contribution in [1.29, 1.82) is 0 Å². The molecule has 4 nitrogen and oxygen atoms in total. The van der Waals surface area contributed by atoms with Gasteiger partial charge in [0.2, 0.25) is 5.91 Å². The van der Waals surface area contributed by atoms with Gasteiger partial charge in [-0.3, -0.25) is 4.79 Å². The minimum atomic E-state index is -0.0136. The molecule has 1 aromatic heterocycles. The predicted molar refractivity (Wildman–Crippen MR) is 69.8 cm³/mol. The molecule has 0 saturated heterocycles. The fourth-order valence-corrected chi connectivity index (χ4v) is 2.19. The molecule has 1 atom stereocenters. The molecule has 18 heavy (non-hydrogen) atoms. The van der Waals surface area contributed by atoms with Gasteiger partial charge in [0.25, 0.3) is 0 Å². The van der Waals surface area contributed by atoms with Gasteiger partial charge in [-0.25, -0.2) is 0 Å². The number of carbonyl (C=O) groups excluding carboxylic acids is 1. The minimum absolute atomic E-state index is 0.0136. The van der Waals surface area contributed by atoms with Crippen LogP contribution in [0.5, 0.6) is 0 Å². The summed E-state index contributed by atoms with van der Waals surface area (Å²) in [5.74, 6) is 1.01. The van der Waals surface area contributed by atoms with Gasteiger partial charge in [0.1, 0.15) is 5.76 Å². The second kappa shape index (κ2) is 6.05. The number of rotatable bonds is 7. The van der Waals surface area contributed by atoms with E-state index in [0.717, 1.165) is 31.4 Å². The summed E-state index contributed by atoms with van der Waals surface area (Å²) in [6.45, 7) is 2.67. The van der Waals surface area contributed by atoms with E-state index in [1.807, 2.05) is 17.0 Å². The summed E-state index contributed by atoms with van der Waals surface area (Å²) >= 11 is 0. The zero-order valence-corrected chi connectivity index (χ0v) is 11.0. The molecular formula is C14H22N2O2. The minimum Gasteiger partial charge on any atom is -0.467 e. The van der Waals surface area contributed by atoms with Crippen LogP contribution in [0.3, 0.4) is 0 Å². The summed E-state index contributed by atoms with van der Waals surface area (Å²) in [5, 5.41) is 0. The molecule has 1 unspecified atom stereocenters. The highest BCUT2D eigenvalue weighted by atomic mass is 16.3. The number of hydrogen-bond acceptors (Lipinski definition) is 3. The molecule has 0 spiro atoms. The van der Waals surface area contributed by atoms with E-state index in [0.29, 0.717) is 19.0 Å². The first-order valence-electron chi connectivity index (χ1n) is 6.78. The highest BCUT2D eigenvalue weighted by molar-refractivity contribution is 5.77. The van der Waals surface area contributed by atoms with Crippen molar-refractivity contribution in [3.05, 3.63) is 24.2 Å². The van der Waals surface area contributed by atoms with Crippen molar-refractivity contribution in [1.82, 2.24) is 4.90 Å². The highest BCUT2D eigenvalue weighted by Crippen LogP contribution is 2.29. The first-order valence-corrected chi connectivity index (χ1v) is 6.78. The van der Waals surface area contributed by atoms with Crippen molar-refractivity contribution in [2.24, 2.45) is 5.73 Å². The Labute approximate surface area is 108 Å². The van der Waals surface area contributed by atoms with Gasteiger partial charge in [-0.1, -0.05) is 13.3 Å². The van der Waals surface area contributed by atoms with E-state index >= 15 is 0 Å². The van der Waals surface area contributed by atoms with Crippen LogP contribution in [-0.4, -0.2) is 22.9 Å². The van der Waals surface area contributed by atoms with Gasteiger partial charge in [-0.05, 0) is 31.4 Å². The van der Waals surface area contributed by atoms with E-state index in [1.165, 1.54) is 0 Å². The summed E-state index contributed by atoms with van der Waals surface area (Å²) in [6, 6.07) is 4.15. The van der Waals surface area contributed by atoms with E-state index in [1.54, 1.807) is 6.26 Å². The van der Waals surface area contributed by atoms with Crippen molar-refractivity contribution in [3.63, 3.8) is 0 Å². The van der Waals surface area contributed by atoms with E-state index in [-0.39, 0.29) is 11.9 Å². The predicted octanol–water partition coefficient (Wildman–Crippen LogP) is 2.29. The maximum Gasteiger partial charge on any atom is 0.224 e. The van der Waals surface area contributed by atoms with Crippen LogP contribution in [0.15, 0.2) is 22.8 Å². The average molecular weight is 250 g/mol. The molecule has 1 aromatic rings. The Hall–Kier alpha value is -1.29. The van der Waals surface area contributed by atoms with Crippen LogP contribution in [0, 0.1) is 0 Å². The molecule has 1 aliphatic rings. The SMILES string of the molecule is CCCC(N)CC(=O)N(Cc1ccco1)C1CC1. The smallest absolute Gasteiger partial charge is 0.224 e. The zero-order valence-electron chi connectivity index (χ0n) is 11.0. The fourth-order valence-electron chi connectivity index (χ4n) is 2.19. The molecule has 0 aliphatic heterocycles. The van der Waals surface area contributed by atoms with Crippen LogP contribution in [0.25, 0.3) is 0 Å². The van der Waals surface area contributed by atoms with Crippen LogP contribution in [0.1, 0.15) is 44.8 Å². The van der Waals surface area contributed by atoms with Crippen molar-refractivity contribution >= 4 is 5.91 Å². The maximum absolute atomic E-state index is 12.2. The number of furan rings is 1. The lowest BCUT2D eigenvalue weighted by Gasteiger charge is -2.23. The van der Waals surface area contributed by atoms with Crippen LogP contribution in [-0.2, 0) is 11.3 Å². The number of carbonyl (C=O) groups is 1. The summed E-state index contributed by atoms with van der Waals surface area (Å²) in [5.41, 5.74) is 5.95. The molecule has 0 radical (unpaired) electrons. The number of nitrogens with zero attached hydrogens (tertiary/aromatic N) is 1. The molecule has 2 rings (SSSR count). The molecule has 1 fully saturated rings. The van der Waals surface area contributed by atoms with Crippen molar-refractivity contribution in [3.8, 4) is 0 Å². The van der Waals surface area contributed by atoms with Gasteiger partial charge in [0.15, 0.2) is 0 Å². The summed E-state index contributed by atoms with van der Waals surface area (Å²) in [7, 11) is 0. The van der Waals surface area contributed by atoms with Crippen LogP contribution >= 0.6 is 0 Å². The normalized spacial score (nSPS) is 16.6. The van der Waals surface area contributed by atoms with Crippen LogP contribution in [0.4, 0.5) is 0 Å². The number of hydrogen-bond donors (Lipinski definition) is 1. The van der Waals surface area contributed by atoms with Crippen LogP contribution < -0.4 is 5.73 Å². The van der Waals surface area contributed by atoms with Crippen molar-refractivity contribution < 1.29 is 9.21 Å². The topological polar surface area (TPSA) is 59.5 Å². The molecule has 2 N–H and O–H groups in total. The van der Waals surface area contributed by atoms with E-state index < -0.39 is 0 Å². The number of nitrogens with two attached hydrogens (primary N) is 1. The lowest BCUT2D eigenvalue weighted by atomic mass is 10.1. The van der Waals surface area contributed by atoms with E-state index in [2.05, 4.69) is 6.92 Å². The Morgan fingerprint density at radius 3 is 2.94 bits per heavy atom. The third-order valence-corrected chi connectivity index (χ3v) is 3.31. The Balaban J connectivity index is 1.90. The molecule has 1 heterocycles. The monoisotopic (exact) mass is 250 g/mol. The second-order valence-corrected chi connectivity index (χ2v) is 5.09. The van der Waals surface area contributed by atoms with Gasteiger partial charge < -0.3 is 15.1 Å². The van der Waals surface area contributed by atoms with E-state index in [4.69, 9.17) is 10.2 Å². The number of amides is 1. The first kappa shape index (κ1) is 13.1. The van der Waals surface area contributed by atoms with E-state index in [9.17, 15) is 4.79 Å². The highest BCUT2D eigenvalue weighted by Gasteiger charge is 2.33. The molecular weight excluding hydrogens is 228 g/mol. The largest absolute Gasteiger partial charge is 0.467 e. The van der Waals surface area contributed by atoms with Gasteiger partial charge in [-0.15, -0.1) is 0 Å². The third kappa shape index (κ3) is 3.60. The average Bonchev–Trinajstić information content (AvgIpc) is 3.03. The summed E-state index contributed by atoms with van der Waals surface area (Å²) < 4.78 is 5.32. The Morgan fingerprint density at radius 1 is 1.61 bits per heavy atom. The first-order chi connectivity index (χ1) is 8.70. The van der Waals surface area contributed by atoms with Gasteiger partial charge >= 0.3 is 0 Å². The third-order valence-electron chi connectivity index (χ3n) is 3.31. The standard InChI is InChI=1S/C14H22N2O2/c1-2-4-11(15)9-14(17)16(12-6-7-12)10-13-5-3-8-18-13/h3,5,8,11-12H,2,4,6-7,9-10,15H2,1H3. The molecule has 1 aliphatic carbocycles. The Kier molecular flexibility index (Phi) is 4.42. The molecule has 100 valence electrons. The van der Waals surface area contributed by atoms with Crippen LogP contribution in [0.2, 0.25) is 0 Å². The lowest BCUT2D eigenvalue weighted by molar-refractivity contribution is -0.133. The maximum atomic E-state index is 12.2. The molecule has 1 saturated carbocycles. The molecule has 0 bridgehead atoms. The molecule has 0 aromatic carbocycles. The molecule has 4 heteroatoms. The quantitative estimate of drug-likeness (QED) is 0.807. The summed E-state index contributed by atoms with van der Waals surface area (Å²) in [6.07, 6.45) is 6.24. The Morgan fingerprint density at radius 2 is 2.39 bits per heavy atom. The lowest BCUT2D eigenvalue weighted by Crippen LogP contribution is -2.36. The fraction of sp³-hybridized carbons (Fsp3) is 0.643. The van der Waals surface area contributed by atoms with Crippen molar-refractivity contribution in [2.45, 2.75) is 57.7 Å². The van der Waals surface area contributed by atoms with Crippen molar-refractivity contribution in [2.75, 3.05) is 0 Å². The van der Waals surface area contributed by atoms with Gasteiger partial charge in [0.05, 0.1) is 12.8 Å². The van der Waals surface area contributed by atoms with Gasteiger partial charge in [0, 0.05) is 18.5 Å². The summed E-state index contributed by atoms with van der Waals surface area (Å²) in [4.78, 5) is 14.2. The zero-order chi connectivity index (χ0) is 13.0. The van der Waals surface area contributed by atoms with Gasteiger partial charge in [-0.2, -0.15) is 0 Å². The second-order valence-electron chi connectivity index (χ2n) is 5.09.